The van der Waals surface area contributed by atoms with E-state index in [4.69, 9.17) is 0 Å². The van der Waals surface area contributed by atoms with Gasteiger partial charge in [-0.15, -0.1) is 0 Å². The van der Waals surface area contributed by atoms with Gasteiger partial charge in [0.05, 0.1) is 6.42 Å². The number of nitrogens with one attached hydrogen (secondary N) is 1. The maximum absolute atomic E-state index is 11.0. The van der Waals surface area contributed by atoms with Crippen LogP contribution in [0.15, 0.2) is 0 Å². The predicted molar refractivity (Wildman–Crippen MR) is 36.4 cm³/mol. The van der Waals surface area contributed by atoms with Gasteiger partial charge in [-0.1, -0.05) is 6.92 Å². The van der Waals surface area contributed by atoms with E-state index in [1.54, 1.807) is 0 Å². The lowest BCUT2D eigenvalue weighted by atomic mass is 9.92. The normalized spacial score (nSPS) is 33.8. The molecule has 2 atom stereocenters. The molecule has 0 spiro atoms. The first-order chi connectivity index (χ1) is 4.61. The van der Waals surface area contributed by atoms with Crippen molar-refractivity contribution in [2.45, 2.75) is 26.3 Å². The summed E-state index contributed by atoms with van der Waals surface area (Å²) in [5.74, 6) is -0.107. The molecule has 1 fully saturated rings. The molecule has 2 unspecified atom stereocenters. The van der Waals surface area contributed by atoms with E-state index in [2.05, 4.69) is 5.32 Å². The van der Waals surface area contributed by atoms with E-state index in [1.807, 2.05) is 13.8 Å². The molecule has 0 bridgehead atoms. The van der Waals surface area contributed by atoms with Gasteiger partial charge >= 0.3 is 0 Å². The fourth-order valence-corrected chi connectivity index (χ4v) is 1.03. The molecule has 0 radical (unpaired) electrons. The predicted octanol–water partition coefficient (Wildman–Crippen LogP) is 0.100. The van der Waals surface area contributed by atoms with Crippen molar-refractivity contribution in [1.29, 1.82) is 0 Å². The van der Waals surface area contributed by atoms with Crippen LogP contribution in [-0.4, -0.2) is 17.7 Å². The van der Waals surface area contributed by atoms with E-state index in [-0.39, 0.29) is 30.1 Å². The standard InChI is InChI=1S/C7H11NO2/c1-4-5(2)8-7(10)3-6(4)9/h4-5H,3H2,1-2H3,(H,8,10). The highest BCUT2D eigenvalue weighted by Gasteiger charge is 2.28. The molecule has 56 valence electrons. The van der Waals surface area contributed by atoms with Crippen molar-refractivity contribution < 1.29 is 9.59 Å². The summed E-state index contributed by atoms with van der Waals surface area (Å²) in [5, 5.41) is 2.70. The summed E-state index contributed by atoms with van der Waals surface area (Å²) in [4.78, 5) is 21.7. The number of carbonyl (C=O) groups is 2. The molecule has 0 aromatic carbocycles. The van der Waals surface area contributed by atoms with E-state index in [1.165, 1.54) is 0 Å². The molecule has 1 saturated heterocycles. The monoisotopic (exact) mass is 141 g/mol. The average molecular weight is 141 g/mol. The quantitative estimate of drug-likeness (QED) is 0.486. The number of hydrogen-bond donors (Lipinski definition) is 1. The SMILES string of the molecule is CC1NC(=O)CC(=O)C1C. The first-order valence-corrected chi connectivity index (χ1v) is 3.43. The second-order valence-electron chi connectivity index (χ2n) is 2.79. The molecule has 3 nitrogen and oxygen atoms in total. The summed E-state index contributed by atoms with van der Waals surface area (Å²) >= 11 is 0. The van der Waals surface area contributed by atoms with Crippen molar-refractivity contribution in [3.05, 3.63) is 0 Å². The topological polar surface area (TPSA) is 46.2 Å². The van der Waals surface area contributed by atoms with E-state index in [0.717, 1.165) is 0 Å². The minimum atomic E-state index is -0.143. The smallest absolute Gasteiger partial charge is 0.227 e. The van der Waals surface area contributed by atoms with Gasteiger partial charge in [0.25, 0.3) is 0 Å². The summed E-state index contributed by atoms with van der Waals surface area (Å²) in [5.41, 5.74) is 0. The van der Waals surface area contributed by atoms with Gasteiger partial charge in [0.15, 0.2) is 0 Å². The summed E-state index contributed by atoms with van der Waals surface area (Å²) in [6, 6.07) is 0.00810. The summed E-state index contributed by atoms with van der Waals surface area (Å²) in [6.45, 7) is 3.69. The Hall–Kier alpha value is -0.860. The minimum absolute atomic E-state index is 0.00810. The van der Waals surface area contributed by atoms with Gasteiger partial charge in [-0.3, -0.25) is 9.59 Å². The number of rotatable bonds is 0. The van der Waals surface area contributed by atoms with Crippen molar-refractivity contribution in [2.24, 2.45) is 5.92 Å². The Morgan fingerprint density at radius 1 is 1.40 bits per heavy atom. The number of hydrogen-bond acceptors (Lipinski definition) is 2. The van der Waals surface area contributed by atoms with Crippen molar-refractivity contribution in [2.75, 3.05) is 0 Å². The molecule has 0 aromatic rings. The zero-order valence-electron chi connectivity index (χ0n) is 6.18. The van der Waals surface area contributed by atoms with E-state index < -0.39 is 0 Å². The second-order valence-corrected chi connectivity index (χ2v) is 2.79. The maximum atomic E-state index is 11.0. The van der Waals surface area contributed by atoms with Crippen LogP contribution in [0.3, 0.4) is 0 Å². The van der Waals surface area contributed by atoms with E-state index in [9.17, 15) is 9.59 Å². The van der Waals surface area contributed by atoms with Crippen LogP contribution in [0, 0.1) is 5.92 Å². The Morgan fingerprint density at radius 2 is 2.00 bits per heavy atom. The summed E-state index contributed by atoms with van der Waals surface area (Å²) in [6.07, 6.45) is 0.0610. The summed E-state index contributed by atoms with van der Waals surface area (Å²) in [7, 11) is 0. The molecule has 1 rings (SSSR count). The first kappa shape index (κ1) is 7.25. The third kappa shape index (κ3) is 1.17. The van der Waals surface area contributed by atoms with Gasteiger partial charge in [0.2, 0.25) is 5.91 Å². The Morgan fingerprint density at radius 3 is 2.50 bits per heavy atom. The molecular formula is C7H11NO2. The number of amides is 1. The maximum Gasteiger partial charge on any atom is 0.227 e. The van der Waals surface area contributed by atoms with Gasteiger partial charge in [0, 0.05) is 12.0 Å². The Labute approximate surface area is 59.8 Å². The molecular weight excluding hydrogens is 130 g/mol. The van der Waals surface area contributed by atoms with Gasteiger partial charge in [0.1, 0.15) is 5.78 Å². The second kappa shape index (κ2) is 2.40. The number of piperidine rings is 1. The van der Waals surface area contributed by atoms with Crippen LogP contribution >= 0.6 is 0 Å². The van der Waals surface area contributed by atoms with Crippen LogP contribution in [0.25, 0.3) is 0 Å². The Bertz CT molecular complexity index is 176. The van der Waals surface area contributed by atoms with Gasteiger partial charge in [-0.05, 0) is 6.92 Å². The number of ketones is 1. The number of Topliss-reactive ketones (excluding diaryl/α,β-unsaturated/α-hetero) is 1. The highest BCUT2D eigenvalue weighted by molar-refractivity contribution is 6.01. The molecule has 1 N–H and O–H groups in total. The van der Waals surface area contributed by atoms with Crippen LogP contribution in [0.5, 0.6) is 0 Å². The zero-order chi connectivity index (χ0) is 7.72. The molecule has 0 aromatic heterocycles. The average Bonchev–Trinajstić information content (AvgIpc) is 1.82. The molecule has 0 aliphatic carbocycles. The molecule has 1 heterocycles. The number of carbonyl (C=O) groups excluding carboxylic acids is 2. The highest BCUT2D eigenvalue weighted by Crippen LogP contribution is 2.11. The summed E-state index contributed by atoms with van der Waals surface area (Å²) < 4.78 is 0. The lowest BCUT2D eigenvalue weighted by Gasteiger charge is -2.24. The van der Waals surface area contributed by atoms with Crippen LogP contribution in [0.2, 0.25) is 0 Å². The van der Waals surface area contributed by atoms with Crippen LogP contribution < -0.4 is 5.32 Å². The zero-order valence-corrected chi connectivity index (χ0v) is 6.18. The fourth-order valence-electron chi connectivity index (χ4n) is 1.03. The first-order valence-electron chi connectivity index (χ1n) is 3.43. The molecule has 0 saturated carbocycles. The minimum Gasteiger partial charge on any atom is -0.353 e. The van der Waals surface area contributed by atoms with Crippen molar-refractivity contribution in [3.8, 4) is 0 Å². The van der Waals surface area contributed by atoms with Gasteiger partial charge in [-0.2, -0.15) is 0 Å². The molecule has 1 aliphatic heterocycles. The molecule has 3 heteroatoms. The molecule has 1 aliphatic rings. The van der Waals surface area contributed by atoms with E-state index in [0.29, 0.717) is 0 Å². The Balaban J connectivity index is 2.66. The molecule has 10 heavy (non-hydrogen) atoms. The van der Waals surface area contributed by atoms with Crippen molar-refractivity contribution >= 4 is 11.7 Å². The third-order valence-electron chi connectivity index (χ3n) is 1.98. The highest BCUT2D eigenvalue weighted by atomic mass is 16.2. The van der Waals surface area contributed by atoms with E-state index >= 15 is 0 Å². The fraction of sp³-hybridized carbons (Fsp3) is 0.714. The largest absolute Gasteiger partial charge is 0.353 e. The Kier molecular flexibility index (Phi) is 1.74. The van der Waals surface area contributed by atoms with Gasteiger partial charge in [-0.25, -0.2) is 0 Å². The van der Waals surface area contributed by atoms with Crippen molar-refractivity contribution in [3.63, 3.8) is 0 Å². The van der Waals surface area contributed by atoms with Crippen molar-refractivity contribution in [1.82, 2.24) is 5.32 Å². The lowest BCUT2D eigenvalue weighted by molar-refractivity contribution is -0.134. The van der Waals surface area contributed by atoms with Gasteiger partial charge < -0.3 is 5.32 Å². The third-order valence-corrected chi connectivity index (χ3v) is 1.98. The molecule has 1 amide bonds. The van der Waals surface area contributed by atoms with Crippen LogP contribution in [0.1, 0.15) is 20.3 Å². The van der Waals surface area contributed by atoms with Crippen LogP contribution in [0.4, 0.5) is 0 Å². The lowest BCUT2D eigenvalue weighted by Crippen LogP contribution is -2.46. The van der Waals surface area contributed by atoms with Crippen LogP contribution in [-0.2, 0) is 9.59 Å².